The first-order valence-electron chi connectivity index (χ1n) is 9.47. The number of rotatable bonds is 8. The maximum absolute atomic E-state index is 12.8. The van der Waals surface area contributed by atoms with Gasteiger partial charge in [0.2, 0.25) is 5.91 Å². The van der Waals surface area contributed by atoms with Crippen molar-refractivity contribution in [3.05, 3.63) is 34.2 Å². The van der Waals surface area contributed by atoms with Gasteiger partial charge in [-0.2, -0.15) is 0 Å². The molecule has 28 heavy (non-hydrogen) atoms. The minimum absolute atomic E-state index is 0.216. The second-order valence-corrected chi connectivity index (χ2v) is 7.05. The largest absolute Gasteiger partial charge is 0.381 e. The van der Waals surface area contributed by atoms with Crippen LogP contribution in [0.4, 0.5) is 0 Å². The smallest absolute Gasteiger partial charge is 0.329 e. The molecule has 8 heteroatoms. The maximum atomic E-state index is 12.8. The van der Waals surface area contributed by atoms with Crippen molar-refractivity contribution in [2.24, 2.45) is 7.05 Å². The van der Waals surface area contributed by atoms with E-state index in [0.29, 0.717) is 31.6 Å². The summed E-state index contributed by atoms with van der Waals surface area (Å²) in [6.07, 6.45) is 3.42. The highest BCUT2D eigenvalue weighted by Crippen LogP contribution is 2.26. The lowest BCUT2D eigenvalue weighted by Gasteiger charge is -2.28. The number of aromatic nitrogens is 2. The molecule has 0 N–H and O–H groups in total. The highest BCUT2D eigenvalue weighted by Gasteiger charge is 2.35. The minimum Gasteiger partial charge on any atom is -0.381 e. The Bertz CT molecular complexity index is 959. The number of ether oxygens (including phenoxy) is 1. The Morgan fingerprint density at radius 2 is 1.93 bits per heavy atom. The Kier molecular flexibility index (Phi) is 6.08. The van der Waals surface area contributed by atoms with Crippen LogP contribution in [0.1, 0.15) is 37.3 Å². The molecule has 8 nitrogen and oxygen atoms in total. The van der Waals surface area contributed by atoms with Crippen molar-refractivity contribution in [3.63, 3.8) is 0 Å². The molecule has 1 aliphatic rings. The van der Waals surface area contributed by atoms with E-state index in [-0.39, 0.29) is 23.9 Å². The van der Waals surface area contributed by atoms with E-state index >= 15 is 0 Å². The van der Waals surface area contributed by atoms with Crippen LogP contribution >= 0.6 is 0 Å². The van der Waals surface area contributed by atoms with E-state index in [1.807, 2.05) is 18.2 Å². The number of nitrogens with zero attached hydrogens (tertiary/aromatic N) is 3. The van der Waals surface area contributed by atoms with E-state index in [4.69, 9.17) is 4.74 Å². The SMILES string of the molecule is CN1C(=O)CCC(n2c(=O)n(C)c3cc(CCCOCCC=O)ccc32)C1=O. The van der Waals surface area contributed by atoms with Crippen LogP contribution in [-0.2, 0) is 32.6 Å². The van der Waals surface area contributed by atoms with E-state index in [0.717, 1.165) is 35.1 Å². The highest BCUT2D eigenvalue weighted by atomic mass is 16.5. The molecule has 0 saturated carbocycles. The van der Waals surface area contributed by atoms with Gasteiger partial charge >= 0.3 is 5.69 Å². The van der Waals surface area contributed by atoms with Crippen LogP contribution in [0.15, 0.2) is 23.0 Å². The summed E-state index contributed by atoms with van der Waals surface area (Å²) in [5.41, 5.74) is 2.27. The molecular formula is C20H25N3O5. The molecule has 2 amide bonds. The van der Waals surface area contributed by atoms with Crippen molar-refractivity contribution >= 4 is 29.1 Å². The lowest BCUT2D eigenvalue weighted by molar-refractivity contribution is -0.149. The summed E-state index contributed by atoms with van der Waals surface area (Å²) in [6.45, 7) is 1.01. The van der Waals surface area contributed by atoms with Crippen molar-refractivity contribution in [1.29, 1.82) is 0 Å². The van der Waals surface area contributed by atoms with Crippen LogP contribution in [0.3, 0.4) is 0 Å². The molecule has 150 valence electrons. The van der Waals surface area contributed by atoms with Crippen molar-refractivity contribution in [2.45, 2.75) is 38.1 Å². The molecule has 0 radical (unpaired) electrons. The Balaban J connectivity index is 1.81. The molecule has 1 aromatic heterocycles. The predicted octanol–water partition coefficient (Wildman–Crippen LogP) is 1.20. The number of hydrogen-bond acceptors (Lipinski definition) is 5. The molecule has 1 aromatic carbocycles. The van der Waals surface area contributed by atoms with Crippen molar-refractivity contribution < 1.29 is 19.1 Å². The number of aryl methyl sites for hydroxylation is 2. The molecule has 1 saturated heterocycles. The lowest BCUT2D eigenvalue weighted by Crippen LogP contribution is -2.45. The summed E-state index contributed by atoms with van der Waals surface area (Å²) >= 11 is 0. The zero-order valence-electron chi connectivity index (χ0n) is 16.2. The number of aldehydes is 1. The Labute approximate surface area is 162 Å². The van der Waals surface area contributed by atoms with Crippen LogP contribution in [0.5, 0.6) is 0 Å². The number of imidazole rings is 1. The van der Waals surface area contributed by atoms with E-state index in [1.165, 1.54) is 11.6 Å². The number of carbonyl (C=O) groups is 3. The monoisotopic (exact) mass is 387 g/mol. The van der Waals surface area contributed by atoms with E-state index in [2.05, 4.69) is 0 Å². The number of benzene rings is 1. The van der Waals surface area contributed by atoms with E-state index < -0.39 is 6.04 Å². The van der Waals surface area contributed by atoms with Crippen LogP contribution in [0, 0.1) is 0 Å². The normalized spacial score (nSPS) is 17.5. The lowest BCUT2D eigenvalue weighted by atomic mass is 10.0. The van der Waals surface area contributed by atoms with Gasteiger partial charge in [-0.3, -0.25) is 23.6 Å². The minimum atomic E-state index is -0.657. The number of carbonyl (C=O) groups excluding carboxylic acids is 3. The molecule has 2 aromatic rings. The first-order chi connectivity index (χ1) is 13.5. The van der Waals surface area contributed by atoms with Gasteiger partial charge in [-0.05, 0) is 37.0 Å². The maximum Gasteiger partial charge on any atom is 0.329 e. The van der Waals surface area contributed by atoms with Gasteiger partial charge in [-0.15, -0.1) is 0 Å². The number of piperidine rings is 1. The number of imide groups is 1. The Hall–Kier alpha value is -2.74. The third-order valence-electron chi connectivity index (χ3n) is 5.22. The van der Waals surface area contributed by atoms with E-state index in [9.17, 15) is 19.2 Å². The average Bonchev–Trinajstić information content (AvgIpc) is 2.93. The van der Waals surface area contributed by atoms with Crippen LogP contribution in [0.25, 0.3) is 11.0 Å². The summed E-state index contributed by atoms with van der Waals surface area (Å²) in [5, 5.41) is 0. The fourth-order valence-corrected chi connectivity index (χ4v) is 3.61. The van der Waals surface area contributed by atoms with Crippen LogP contribution < -0.4 is 5.69 Å². The molecule has 0 bridgehead atoms. The van der Waals surface area contributed by atoms with Gasteiger partial charge in [0, 0.05) is 33.5 Å². The zero-order chi connectivity index (χ0) is 20.3. The summed E-state index contributed by atoms with van der Waals surface area (Å²) in [7, 11) is 3.15. The second kappa shape index (κ2) is 8.52. The van der Waals surface area contributed by atoms with Crippen molar-refractivity contribution in [3.8, 4) is 0 Å². The molecule has 1 unspecified atom stereocenters. The van der Waals surface area contributed by atoms with Gasteiger partial charge in [-0.25, -0.2) is 4.79 Å². The third kappa shape index (κ3) is 3.77. The summed E-state index contributed by atoms with van der Waals surface area (Å²) in [4.78, 5) is 48.5. The number of likely N-dealkylation sites (N-methyl/N-ethyl adjacent to an activating group) is 1. The van der Waals surface area contributed by atoms with Crippen LogP contribution in [-0.4, -0.2) is 52.4 Å². The predicted molar refractivity (Wildman–Crippen MR) is 103 cm³/mol. The molecule has 2 heterocycles. The number of fused-ring (bicyclic) bond motifs is 1. The number of likely N-dealkylation sites (tertiary alicyclic amines) is 1. The molecule has 1 fully saturated rings. The van der Waals surface area contributed by atoms with Gasteiger partial charge in [0.05, 0.1) is 17.6 Å². The fourth-order valence-electron chi connectivity index (χ4n) is 3.61. The van der Waals surface area contributed by atoms with Gasteiger partial charge in [0.15, 0.2) is 0 Å². The topological polar surface area (TPSA) is 90.6 Å². The second-order valence-electron chi connectivity index (χ2n) is 7.05. The third-order valence-corrected chi connectivity index (χ3v) is 5.22. The van der Waals surface area contributed by atoms with Crippen molar-refractivity contribution in [2.75, 3.05) is 20.3 Å². The van der Waals surface area contributed by atoms with Gasteiger partial charge < -0.3 is 9.53 Å². The standard InChI is InChI=1S/C20H25N3O5/c1-21-17-13-14(5-3-11-28-12-4-10-24)6-7-15(17)23(20(21)27)16-8-9-18(25)22(2)19(16)26/h6-7,10,13,16H,3-5,8-9,11-12H2,1-2H3. The van der Waals surface area contributed by atoms with E-state index in [1.54, 1.807) is 11.6 Å². The molecule has 0 spiro atoms. The van der Waals surface area contributed by atoms with Gasteiger partial charge in [-0.1, -0.05) is 6.07 Å². The molecule has 0 aliphatic carbocycles. The first-order valence-corrected chi connectivity index (χ1v) is 9.47. The Morgan fingerprint density at radius 3 is 2.68 bits per heavy atom. The van der Waals surface area contributed by atoms with Crippen LogP contribution in [0.2, 0.25) is 0 Å². The van der Waals surface area contributed by atoms with Gasteiger partial charge in [0.25, 0.3) is 5.91 Å². The fraction of sp³-hybridized carbons (Fsp3) is 0.500. The Morgan fingerprint density at radius 1 is 1.14 bits per heavy atom. The summed E-state index contributed by atoms with van der Waals surface area (Å²) < 4.78 is 8.43. The molecule has 1 atom stereocenters. The number of amides is 2. The number of hydrogen-bond donors (Lipinski definition) is 0. The quantitative estimate of drug-likeness (QED) is 0.386. The zero-order valence-corrected chi connectivity index (χ0v) is 16.2. The first kappa shape index (κ1) is 20.0. The molecule has 1 aliphatic heterocycles. The average molecular weight is 387 g/mol. The summed E-state index contributed by atoms with van der Waals surface area (Å²) in [6, 6.07) is 5.12. The van der Waals surface area contributed by atoms with Crippen molar-refractivity contribution in [1.82, 2.24) is 14.0 Å². The highest BCUT2D eigenvalue weighted by molar-refractivity contribution is 5.99. The molecule has 3 rings (SSSR count). The summed E-state index contributed by atoms with van der Waals surface area (Å²) in [5.74, 6) is -0.561. The molecular weight excluding hydrogens is 362 g/mol. The van der Waals surface area contributed by atoms with Gasteiger partial charge in [0.1, 0.15) is 12.3 Å².